The van der Waals surface area contributed by atoms with Crippen LogP contribution in [0.2, 0.25) is 0 Å². The molecule has 1 aliphatic rings. The van der Waals surface area contributed by atoms with Crippen molar-refractivity contribution in [3.63, 3.8) is 0 Å². The molecule has 0 bridgehead atoms. The smallest absolute Gasteiger partial charge is 0.0719 e. The summed E-state index contributed by atoms with van der Waals surface area (Å²) in [6, 6.07) is 58.5. The second kappa shape index (κ2) is 12.3. The molecule has 4 nitrogen and oxygen atoms in total. The third-order valence-electron chi connectivity index (χ3n) is 13.1. The molecule has 282 valence electrons. The molecule has 0 N–H and O–H groups in total. The van der Waals surface area contributed by atoms with Gasteiger partial charge in [-0.15, -0.1) is 11.3 Å². The molecule has 13 rings (SSSR count). The molecule has 0 unspecified atom stereocenters. The quantitative estimate of drug-likeness (QED) is 0.178. The maximum atomic E-state index is 4.49. The zero-order valence-electron chi connectivity index (χ0n) is 33.0. The van der Waals surface area contributed by atoms with Crippen LogP contribution < -0.4 is 0 Å². The molecule has 5 heteroatoms. The largest absolute Gasteiger partial charge is 0.309 e. The summed E-state index contributed by atoms with van der Waals surface area (Å²) in [5.74, 6) is 0. The highest BCUT2D eigenvalue weighted by molar-refractivity contribution is 7.26. The van der Waals surface area contributed by atoms with Crippen molar-refractivity contribution in [2.24, 2.45) is 0 Å². The van der Waals surface area contributed by atoms with E-state index in [9.17, 15) is 0 Å². The SMILES string of the molecule is CC1(C)c2ccccc2-c2ccc(-n3c4ccccc4c4cc5c(cc43)sc3c5ccc4c5ccccc5n(-c5cc(-c6cccnc6)cc(-c6cccnc6)c5)c43)cc21. The highest BCUT2D eigenvalue weighted by Gasteiger charge is 2.35. The van der Waals surface area contributed by atoms with E-state index in [1.54, 1.807) is 0 Å². The fourth-order valence-corrected chi connectivity index (χ4v) is 11.5. The number of para-hydroxylation sites is 2. The Morgan fingerprint density at radius 2 is 1.08 bits per heavy atom. The van der Waals surface area contributed by atoms with E-state index in [1.807, 2.05) is 48.3 Å². The van der Waals surface area contributed by atoms with E-state index in [1.165, 1.54) is 91.7 Å². The number of thiophene rings is 1. The van der Waals surface area contributed by atoms with Gasteiger partial charge in [-0.25, -0.2) is 0 Å². The Labute approximate surface area is 350 Å². The molecule has 0 saturated heterocycles. The van der Waals surface area contributed by atoms with Gasteiger partial charge in [0.1, 0.15) is 0 Å². The zero-order chi connectivity index (χ0) is 39.7. The van der Waals surface area contributed by atoms with Crippen LogP contribution in [0.3, 0.4) is 0 Å². The first-order chi connectivity index (χ1) is 29.5. The lowest BCUT2D eigenvalue weighted by atomic mass is 9.82. The molecule has 60 heavy (non-hydrogen) atoms. The molecule has 5 heterocycles. The Hall–Kier alpha value is -7.34. The third-order valence-corrected chi connectivity index (χ3v) is 14.2. The van der Waals surface area contributed by atoms with E-state index < -0.39 is 0 Å². The fourth-order valence-electron chi connectivity index (χ4n) is 10.3. The predicted octanol–water partition coefficient (Wildman–Crippen LogP) is 14.7. The predicted molar refractivity (Wildman–Crippen MR) is 252 cm³/mol. The number of hydrogen-bond acceptors (Lipinski definition) is 3. The molecule has 7 aromatic carbocycles. The van der Waals surface area contributed by atoms with Gasteiger partial charge in [0.2, 0.25) is 0 Å². The minimum absolute atomic E-state index is 0.0838. The van der Waals surface area contributed by atoms with Gasteiger partial charge < -0.3 is 9.13 Å². The lowest BCUT2D eigenvalue weighted by Gasteiger charge is -2.22. The summed E-state index contributed by atoms with van der Waals surface area (Å²) in [5.41, 5.74) is 16.9. The van der Waals surface area contributed by atoms with Gasteiger partial charge in [-0.3, -0.25) is 9.97 Å². The highest BCUT2D eigenvalue weighted by Crippen LogP contribution is 2.50. The standard InChI is InChI=1S/C55H36N4S/c1-55(2)47-16-6-3-13-39(47)40-20-19-37(28-48(40)55)58-49-17-7-5-15-42(49)45-29-46-44-22-21-43-41-14-4-8-18-50(41)59(53(43)54(44)60-52(46)30-51(45)58)38-26-35(33-11-9-23-56-31-33)25-36(27-38)34-12-10-24-57-32-34/h3-32H,1-2H3. The van der Waals surface area contributed by atoms with Crippen molar-refractivity contribution in [3.8, 4) is 44.8 Å². The van der Waals surface area contributed by atoms with Crippen LogP contribution in [-0.2, 0) is 5.41 Å². The Bertz CT molecular complexity index is 3680. The summed E-state index contributed by atoms with van der Waals surface area (Å²) < 4.78 is 7.54. The first-order valence-electron chi connectivity index (χ1n) is 20.5. The van der Waals surface area contributed by atoms with Gasteiger partial charge in [-0.2, -0.15) is 0 Å². The molecule has 0 radical (unpaired) electrons. The van der Waals surface area contributed by atoms with Crippen molar-refractivity contribution in [2.45, 2.75) is 19.3 Å². The minimum atomic E-state index is -0.0838. The van der Waals surface area contributed by atoms with Crippen molar-refractivity contribution in [1.82, 2.24) is 19.1 Å². The summed E-state index contributed by atoms with van der Waals surface area (Å²) in [5, 5.41) is 7.59. The first-order valence-corrected chi connectivity index (χ1v) is 21.4. The van der Waals surface area contributed by atoms with Gasteiger partial charge in [0.25, 0.3) is 0 Å². The van der Waals surface area contributed by atoms with E-state index in [-0.39, 0.29) is 5.41 Å². The van der Waals surface area contributed by atoms with E-state index in [2.05, 4.69) is 179 Å². The van der Waals surface area contributed by atoms with Crippen molar-refractivity contribution >= 4 is 75.1 Å². The molecule has 12 aromatic rings. The Morgan fingerprint density at radius 3 is 1.82 bits per heavy atom. The van der Waals surface area contributed by atoms with Crippen LogP contribution in [0.1, 0.15) is 25.0 Å². The number of fused-ring (bicyclic) bond motifs is 13. The summed E-state index contributed by atoms with van der Waals surface area (Å²) in [7, 11) is 0. The monoisotopic (exact) mass is 784 g/mol. The number of hydrogen-bond donors (Lipinski definition) is 0. The second-order valence-corrected chi connectivity index (χ2v) is 17.7. The van der Waals surface area contributed by atoms with Crippen LogP contribution in [-0.4, -0.2) is 19.1 Å². The van der Waals surface area contributed by atoms with Crippen LogP contribution in [0.4, 0.5) is 0 Å². The van der Waals surface area contributed by atoms with Crippen LogP contribution in [0.5, 0.6) is 0 Å². The molecule has 5 aromatic heterocycles. The number of aromatic nitrogens is 4. The van der Waals surface area contributed by atoms with Gasteiger partial charge in [-0.1, -0.05) is 105 Å². The number of benzene rings is 7. The minimum Gasteiger partial charge on any atom is -0.309 e. The van der Waals surface area contributed by atoms with Gasteiger partial charge in [0, 0.05) is 89.7 Å². The third kappa shape index (κ3) is 4.66. The van der Waals surface area contributed by atoms with Crippen molar-refractivity contribution in [1.29, 1.82) is 0 Å². The average Bonchev–Trinajstić information content (AvgIpc) is 4.01. The molecule has 1 aliphatic carbocycles. The number of pyridine rings is 2. The van der Waals surface area contributed by atoms with Gasteiger partial charge in [-0.05, 0) is 100 Å². The fraction of sp³-hybridized carbons (Fsp3) is 0.0545. The first kappa shape index (κ1) is 33.6. The Kier molecular flexibility index (Phi) is 6.91. The molecule has 0 atom stereocenters. The Balaban J connectivity index is 1.08. The number of nitrogens with zero attached hydrogens (tertiary/aromatic N) is 4. The van der Waals surface area contributed by atoms with E-state index in [0.717, 1.165) is 27.9 Å². The van der Waals surface area contributed by atoms with Crippen LogP contribution in [0.25, 0.3) is 109 Å². The Morgan fingerprint density at radius 1 is 0.433 bits per heavy atom. The van der Waals surface area contributed by atoms with Crippen molar-refractivity contribution in [2.75, 3.05) is 0 Å². The van der Waals surface area contributed by atoms with E-state index >= 15 is 0 Å². The molecular weight excluding hydrogens is 749 g/mol. The van der Waals surface area contributed by atoms with Crippen molar-refractivity contribution < 1.29 is 0 Å². The topological polar surface area (TPSA) is 35.6 Å². The van der Waals surface area contributed by atoms with Crippen LogP contribution in [0.15, 0.2) is 183 Å². The second-order valence-electron chi connectivity index (χ2n) is 16.7. The summed E-state index contributed by atoms with van der Waals surface area (Å²) in [4.78, 5) is 8.99. The van der Waals surface area contributed by atoms with Gasteiger partial charge >= 0.3 is 0 Å². The number of rotatable bonds is 4. The zero-order valence-corrected chi connectivity index (χ0v) is 33.8. The average molecular weight is 785 g/mol. The maximum Gasteiger partial charge on any atom is 0.0719 e. The van der Waals surface area contributed by atoms with Gasteiger partial charge in [0.05, 0.1) is 26.8 Å². The van der Waals surface area contributed by atoms with Gasteiger partial charge in [0.15, 0.2) is 0 Å². The van der Waals surface area contributed by atoms with Crippen LogP contribution >= 0.6 is 11.3 Å². The molecule has 0 aliphatic heterocycles. The maximum absolute atomic E-state index is 4.49. The molecule has 0 amide bonds. The lowest BCUT2D eigenvalue weighted by Crippen LogP contribution is -2.15. The summed E-state index contributed by atoms with van der Waals surface area (Å²) in [6.45, 7) is 4.73. The normalized spacial score (nSPS) is 13.3. The van der Waals surface area contributed by atoms with Crippen LogP contribution in [0, 0.1) is 0 Å². The summed E-state index contributed by atoms with van der Waals surface area (Å²) in [6.07, 6.45) is 7.57. The molecular formula is C55H36N4S. The van der Waals surface area contributed by atoms with E-state index in [4.69, 9.17) is 0 Å². The van der Waals surface area contributed by atoms with Crippen molar-refractivity contribution in [3.05, 3.63) is 194 Å². The molecule has 0 spiro atoms. The van der Waals surface area contributed by atoms with E-state index in [0.29, 0.717) is 0 Å². The highest BCUT2D eigenvalue weighted by atomic mass is 32.1. The lowest BCUT2D eigenvalue weighted by molar-refractivity contribution is 0.660. The molecule has 0 fully saturated rings. The molecule has 0 saturated carbocycles. The summed E-state index contributed by atoms with van der Waals surface area (Å²) >= 11 is 1.90.